The van der Waals surface area contributed by atoms with Crippen molar-refractivity contribution in [3.05, 3.63) is 0 Å². The number of aliphatic hydroxyl groups is 4. The van der Waals surface area contributed by atoms with E-state index in [0.717, 1.165) is 12.8 Å². The summed E-state index contributed by atoms with van der Waals surface area (Å²) in [6, 6.07) is 0. The standard InChI is InChI=1S/C27H52N2O12/c1-2-3-4-5-6-7-8-22(31)28-10-12-39-20-23(32)29-9-11-36-13-14-37-15-16-38-17-18-40-27-26(35)25(34)24(33)21(19-30)41-27/h21,24-27,30,33-35H,2-20H2,1H3,(H,28,31)(H,29,32)/t21?,24-,25+,26?,27+/m1/s1. The summed E-state index contributed by atoms with van der Waals surface area (Å²) in [7, 11) is 0. The summed E-state index contributed by atoms with van der Waals surface area (Å²) in [5.41, 5.74) is 0. The van der Waals surface area contributed by atoms with E-state index >= 15 is 0 Å². The molecule has 1 aliphatic rings. The van der Waals surface area contributed by atoms with Crippen LogP contribution in [0.5, 0.6) is 0 Å². The van der Waals surface area contributed by atoms with Crippen LogP contribution in [0.3, 0.4) is 0 Å². The summed E-state index contributed by atoms with van der Waals surface area (Å²) in [6.07, 6.45) is 0.813. The number of rotatable bonds is 26. The van der Waals surface area contributed by atoms with E-state index in [1.54, 1.807) is 0 Å². The molecule has 5 atom stereocenters. The van der Waals surface area contributed by atoms with E-state index in [0.29, 0.717) is 52.5 Å². The van der Waals surface area contributed by atoms with E-state index in [4.69, 9.17) is 33.5 Å². The molecule has 1 heterocycles. The molecule has 1 fully saturated rings. The second kappa shape index (κ2) is 25.1. The van der Waals surface area contributed by atoms with E-state index in [-0.39, 0.29) is 38.2 Å². The normalized spacial score (nSPS) is 22.5. The predicted molar refractivity (Wildman–Crippen MR) is 147 cm³/mol. The Morgan fingerprint density at radius 2 is 1.24 bits per heavy atom. The average Bonchev–Trinajstić information content (AvgIpc) is 2.96. The van der Waals surface area contributed by atoms with Crippen molar-refractivity contribution in [2.75, 3.05) is 79.2 Å². The molecule has 14 heteroatoms. The number of amides is 2. The number of hydrogen-bond acceptors (Lipinski definition) is 12. The van der Waals surface area contributed by atoms with Gasteiger partial charge in [-0.05, 0) is 6.42 Å². The lowest BCUT2D eigenvalue weighted by molar-refractivity contribution is -0.302. The quantitative estimate of drug-likeness (QED) is 0.0658. The zero-order chi connectivity index (χ0) is 30.1. The van der Waals surface area contributed by atoms with Gasteiger partial charge in [0.25, 0.3) is 0 Å². The Hall–Kier alpha value is -1.46. The lowest BCUT2D eigenvalue weighted by Crippen LogP contribution is -2.59. The van der Waals surface area contributed by atoms with Gasteiger partial charge < -0.3 is 59.5 Å². The minimum atomic E-state index is -1.48. The molecule has 2 amide bonds. The molecule has 2 unspecified atom stereocenters. The first-order chi connectivity index (χ1) is 19.9. The van der Waals surface area contributed by atoms with Gasteiger partial charge in [-0.3, -0.25) is 9.59 Å². The molecule has 0 aromatic carbocycles. The van der Waals surface area contributed by atoms with Crippen LogP contribution in [-0.4, -0.2) is 142 Å². The Kier molecular flexibility index (Phi) is 23.0. The first-order valence-corrected chi connectivity index (χ1v) is 14.7. The maximum absolute atomic E-state index is 11.8. The van der Waals surface area contributed by atoms with Crippen LogP contribution in [0.15, 0.2) is 0 Å². The molecule has 41 heavy (non-hydrogen) atoms. The summed E-state index contributed by atoms with van der Waals surface area (Å²) < 4.78 is 31.9. The Morgan fingerprint density at radius 3 is 1.90 bits per heavy atom. The van der Waals surface area contributed by atoms with Crippen LogP contribution in [0.2, 0.25) is 0 Å². The highest BCUT2D eigenvalue weighted by atomic mass is 16.7. The summed E-state index contributed by atoms with van der Waals surface area (Å²) in [5, 5.41) is 44.0. The molecule has 14 nitrogen and oxygen atoms in total. The third kappa shape index (κ3) is 18.6. The van der Waals surface area contributed by atoms with Crippen molar-refractivity contribution < 1.29 is 58.4 Å². The van der Waals surface area contributed by atoms with Gasteiger partial charge in [-0.1, -0.05) is 39.0 Å². The molecule has 1 aliphatic heterocycles. The van der Waals surface area contributed by atoms with Crippen molar-refractivity contribution in [2.24, 2.45) is 0 Å². The molecule has 0 radical (unpaired) electrons. The fraction of sp³-hybridized carbons (Fsp3) is 0.926. The van der Waals surface area contributed by atoms with Crippen molar-refractivity contribution in [1.82, 2.24) is 10.6 Å². The lowest BCUT2D eigenvalue weighted by atomic mass is 9.99. The molecule has 1 saturated heterocycles. The highest BCUT2D eigenvalue weighted by molar-refractivity contribution is 5.77. The van der Waals surface area contributed by atoms with Crippen LogP contribution in [-0.2, 0) is 38.0 Å². The van der Waals surface area contributed by atoms with E-state index in [9.17, 15) is 24.9 Å². The third-order valence-corrected chi connectivity index (χ3v) is 6.23. The van der Waals surface area contributed by atoms with E-state index < -0.39 is 37.3 Å². The van der Waals surface area contributed by atoms with Crippen molar-refractivity contribution in [1.29, 1.82) is 0 Å². The summed E-state index contributed by atoms with van der Waals surface area (Å²) >= 11 is 0. The number of hydrogen-bond donors (Lipinski definition) is 6. The van der Waals surface area contributed by atoms with Gasteiger partial charge in [0.15, 0.2) is 6.29 Å². The van der Waals surface area contributed by atoms with Crippen LogP contribution >= 0.6 is 0 Å². The number of carbonyl (C=O) groups excluding carboxylic acids is 2. The predicted octanol–water partition coefficient (Wildman–Crippen LogP) is -1.15. The van der Waals surface area contributed by atoms with E-state index in [2.05, 4.69) is 17.6 Å². The number of nitrogens with one attached hydrogen (secondary N) is 2. The smallest absolute Gasteiger partial charge is 0.246 e. The number of ether oxygens (including phenoxy) is 6. The lowest BCUT2D eigenvalue weighted by Gasteiger charge is -2.39. The molecule has 0 aromatic heterocycles. The summed E-state index contributed by atoms with van der Waals surface area (Å²) in [4.78, 5) is 23.5. The first-order valence-electron chi connectivity index (χ1n) is 14.7. The van der Waals surface area contributed by atoms with Gasteiger partial charge in [-0.15, -0.1) is 0 Å². The molecular weight excluding hydrogens is 544 g/mol. The third-order valence-electron chi connectivity index (χ3n) is 6.23. The van der Waals surface area contributed by atoms with Crippen LogP contribution in [0.25, 0.3) is 0 Å². The minimum Gasteiger partial charge on any atom is -0.394 e. The average molecular weight is 597 g/mol. The second-order valence-corrected chi connectivity index (χ2v) is 9.68. The molecule has 1 rings (SSSR count). The Morgan fingerprint density at radius 1 is 0.683 bits per heavy atom. The zero-order valence-corrected chi connectivity index (χ0v) is 24.4. The van der Waals surface area contributed by atoms with Gasteiger partial charge in [0.1, 0.15) is 31.0 Å². The van der Waals surface area contributed by atoms with Crippen LogP contribution < -0.4 is 10.6 Å². The SMILES string of the molecule is CCCCCCCCC(=O)NCCOCC(=O)NCCOCCOCCOCCO[C@H]1OC(CO)[C@@H](O)[C@H](O)C1O. The van der Waals surface area contributed by atoms with E-state index in [1.807, 2.05) is 0 Å². The van der Waals surface area contributed by atoms with Gasteiger partial charge in [0.2, 0.25) is 11.8 Å². The van der Waals surface area contributed by atoms with Gasteiger partial charge >= 0.3 is 0 Å². The van der Waals surface area contributed by atoms with Crippen LogP contribution in [0.4, 0.5) is 0 Å². The molecule has 0 bridgehead atoms. The van der Waals surface area contributed by atoms with Crippen molar-refractivity contribution >= 4 is 11.8 Å². The molecule has 0 saturated carbocycles. The van der Waals surface area contributed by atoms with Gasteiger partial charge in [-0.25, -0.2) is 0 Å². The first kappa shape index (κ1) is 37.6. The Labute approximate surface area is 243 Å². The molecule has 0 spiro atoms. The van der Waals surface area contributed by atoms with Crippen LogP contribution in [0.1, 0.15) is 51.9 Å². The molecule has 0 aliphatic carbocycles. The summed E-state index contributed by atoms with van der Waals surface area (Å²) in [6.45, 7) is 4.50. The molecular formula is C27H52N2O12. The maximum atomic E-state index is 11.8. The largest absolute Gasteiger partial charge is 0.394 e. The van der Waals surface area contributed by atoms with Crippen LogP contribution in [0, 0.1) is 0 Å². The Balaban J connectivity index is 1.83. The van der Waals surface area contributed by atoms with Gasteiger partial charge in [0.05, 0.1) is 59.5 Å². The number of unbranched alkanes of at least 4 members (excludes halogenated alkanes) is 5. The van der Waals surface area contributed by atoms with Crippen molar-refractivity contribution in [3.63, 3.8) is 0 Å². The molecule has 0 aromatic rings. The monoisotopic (exact) mass is 596 g/mol. The molecule has 6 N–H and O–H groups in total. The number of aliphatic hydroxyl groups excluding tert-OH is 4. The van der Waals surface area contributed by atoms with Crippen molar-refractivity contribution in [2.45, 2.75) is 82.6 Å². The zero-order valence-electron chi connectivity index (χ0n) is 24.4. The highest BCUT2D eigenvalue weighted by Crippen LogP contribution is 2.21. The topological polar surface area (TPSA) is 194 Å². The Bertz CT molecular complexity index is 658. The molecule has 242 valence electrons. The maximum Gasteiger partial charge on any atom is 0.246 e. The highest BCUT2D eigenvalue weighted by Gasteiger charge is 2.43. The minimum absolute atomic E-state index is 0.0157. The van der Waals surface area contributed by atoms with Gasteiger partial charge in [0, 0.05) is 19.5 Å². The fourth-order valence-electron chi connectivity index (χ4n) is 3.87. The second-order valence-electron chi connectivity index (χ2n) is 9.68. The van der Waals surface area contributed by atoms with Gasteiger partial charge in [-0.2, -0.15) is 0 Å². The fourth-order valence-corrected chi connectivity index (χ4v) is 3.87. The van der Waals surface area contributed by atoms with E-state index in [1.165, 1.54) is 25.7 Å². The van der Waals surface area contributed by atoms with Crippen molar-refractivity contribution in [3.8, 4) is 0 Å². The summed E-state index contributed by atoms with van der Waals surface area (Å²) in [5.74, 6) is -0.238. The number of carbonyl (C=O) groups is 2.